The summed E-state index contributed by atoms with van der Waals surface area (Å²) in [7, 11) is 0. The number of carbonyl (C=O) groups is 2. The third-order valence-corrected chi connectivity index (χ3v) is 3.37. The highest BCUT2D eigenvalue weighted by Gasteiger charge is 2.28. The highest BCUT2D eigenvalue weighted by Crippen LogP contribution is 2.14. The van der Waals surface area contributed by atoms with Gasteiger partial charge in [-0.05, 0) is 32.8 Å². The Balaban J connectivity index is 2.52. The average Bonchev–Trinajstić information content (AvgIpc) is 2.86. The lowest BCUT2D eigenvalue weighted by molar-refractivity contribution is -0.142. The van der Waals surface area contributed by atoms with E-state index in [4.69, 9.17) is 5.11 Å². The molecule has 0 bridgehead atoms. The minimum Gasteiger partial charge on any atom is -0.480 e. The molecule has 2 amide bonds. The van der Waals surface area contributed by atoms with Gasteiger partial charge in [0.2, 0.25) is 0 Å². The van der Waals surface area contributed by atoms with Crippen molar-refractivity contribution in [1.29, 1.82) is 0 Å². The fourth-order valence-corrected chi connectivity index (χ4v) is 1.89. The van der Waals surface area contributed by atoms with Crippen molar-refractivity contribution in [3.8, 4) is 0 Å². The molecule has 7 heteroatoms. The number of rotatable bonds is 7. The van der Waals surface area contributed by atoms with Crippen LogP contribution < -0.4 is 10.6 Å². The summed E-state index contributed by atoms with van der Waals surface area (Å²) < 4.78 is 1.90. The van der Waals surface area contributed by atoms with Crippen LogP contribution in [0.2, 0.25) is 0 Å². The largest absolute Gasteiger partial charge is 0.480 e. The number of amides is 2. The summed E-state index contributed by atoms with van der Waals surface area (Å²) in [5.41, 5.74) is -0.566. The fourth-order valence-electron chi connectivity index (χ4n) is 1.89. The third-order valence-electron chi connectivity index (χ3n) is 3.37. The summed E-state index contributed by atoms with van der Waals surface area (Å²) in [5.74, 6) is -1.09. The normalized spacial score (nSPS) is 11.5. The van der Waals surface area contributed by atoms with Gasteiger partial charge in [-0.2, -0.15) is 5.10 Å². The zero-order valence-electron chi connectivity index (χ0n) is 13.0. The van der Waals surface area contributed by atoms with E-state index in [1.165, 1.54) is 13.8 Å². The number of urea groups is 1. The average molecular weight is 296 g/mol. The Bertz CT molecular complexity index is 492. The van der Waals surface area contributed by atoms with E-state index < -0.39 is 17.5 Å². The summed E-state index contributed by atoms with van der Waals surface area (Å²) in [4.78, 5) is 22.6. The van der Waals surface area contributed by atoms with Gasteiger partial charge in [0.1, 0.15) is 5.54 Å². The second kappa shape index (κ2) is 7.10. The van der Waals surface area contributed by atoms with Crippen LogP contribution in [0.4, 0.5) is 4.79 Å². The molecular weight excluding hydrogens is 272 g/mol. The number of hydrogen-bond donors (Lipinski definition) is 3. The van der Waals surface area contributed by atoms with Crippen molar-refractivity contribution in [2.24, 2.45) is 0 Å². The number of nitrogens with zero attached hydrogens (tertiary/aromatic N) is 2. The Labute approximate surface area is 124 Å². The maximum atomic E-state index is 11.7. The topological polar surface area (TPSA) is 96.2 Å². The van der Waals surface area contributed by atoms with Crippen molar-refractivity contribution in [1.82, 2.24) is 20.4 Å². The molecule has 3 N–H and O–H groups in total. The first-order valence-corrected chi connectivity index (χ1v) is 7.13. The molecule has 0 aliphatic rings. The molecule has 0 fully saturated rings. The van der Waals surface area contributed by atoms with Gasteiger partial charge in [0.15, 0.2) is 0 Å². The summed E-state index contributed by atoms with van der Waals surface area (Å²) in [6.07, 6.45) is 3.89. The number of aliphatic carboxylic acids is 1. The molecule has 0 spiro atoms. The molecule has 0 unspecified atom stereocenters. The van der Waals surface area contributed by atoms with Crippen LogP contribution in [0, 0.1) is 0 Å². The van der Waals surface area contributed by atoms with Crippen molar-refractivity contribution < 1.29 is 14.7 Å². The van der Waals surface area contributed by atoms with Crippen LogP contribution in [0.5, 0.6) is 0 Å². The Morgan fingerprint density at radius 1 is 1.38 bits per heavy atom. The summed E-state index contributed by atoms with van der Waals surface area (Å²) in [5, 5.41) is 18.4. The van der Waals surface area contributed by atoms with E-state index in [2.05, 4.69) is 29.6 Å². The molecule has 1 rings (SSSR count). The molecule has 0 aliphatic carbocycles. The van der Waals surface area contributed by atoms with Gasteiger partial charge < -0.3 is 15.7 Å². The van der Waals surface area contributed by atoms with Crippen LogP contribution in [0.25, 0.3) is 0 Å². The molecule has 1 aromatic rings. The molecule has 0 aliphatic heterocycles. The van der Waals surface area contributed by atoms with E-state index in [0.717, 1.165) is 18.5 Å². The molecule has 118 valence electrons. The molecule has 21 heavy (non-hydrogen) atoms. The highest BCUT2D eigenvalue weighted by molar-refractivity contribution is 5.85. The summed E-state index contributed by atoms with van der Waals surface area (Å²) in [6.45, 7) is 7.33. The van der Waals surface area contributed by atoms with Crippen molar-refractivity contribution >= 4 is 12.0 Å². The number of carbonyl (C=O) groups excluding carboxylic acids is 1. The van der Waals surface area contributed by atoms with Crippen LogP contribution in [-0.4, -0.2) is 32.4 Å². The third kappa shape index (κ3) is 4.77. The van der Waals surface area contributed by atoms with E-state index in [1.54, 1.807) is 0 Å². The van der Waals surface area contributed by atoms with Gasteiger partial charge in [-0.25, -0.2) is 9.59 Å². The Morgan fingerprint density at radius 3 is 2.52 bits per heavy atom. The standard InChI is InChI=1S/C14H24N4O3/c1-5-11(6-2)18-8-7-10(17-18)9-15-13(21)16-14(3,4)12(19)20/h7-8,11H,5-6,9H2,1-4H3,(H,19,20)(H2,15,16,21). The van der Waals surface area contributed by atoms with E-state index in [1.807, 2.05) is 16.9 Å². The quantitative estimate of drug-likeness (QED) is 0.716. The molecule has 0 radical (unpaired) electrons. The SMILES string of the molecule is CCC(CC)n1ccc(CNC(=O)NC(C)(C)C(=O)O)n1. The van der Waals surface area contributed by atoms with Gasteiger partial charge in [0.05, 0.1) is 18.3 Å². The Morgan fingerprint density at radius 2 is 2.00 bits per heavy atom. The van der Waals surface area contributed by atoms with Crippen molar-refractivity contribution in [2.45, 2.75) is 58.7 Å². The zero-order valence-corrected chi connectivity index (χ0v) is 13.0. The van der Waals surface area contributed by atoms with Crippen LogP contribution in [0.1, 0.15) is 52.3 Å². The van der Waals surface area contributed by atoms with Crippen molar-refractivity contribution in [3.63, 3.8) is 0 Å². The number of hydrogen-bond acceptors (Lipinski definition) is 3. The molecular formula is C14H24N4O3. The maximum Gasteiger partial charge on any atom is 0.328 e. The molecule has 0 saturated carbocycles. The lowest BCUT2D eigenvalue weighted by Gasteiger charge is -2.21. The van der Waals surface area contributed by atoms with Crippen LogP contribution >= 0.6 is 0 Å². The van der Waals surface area contributed by atoms with E-state index in [9.17, 15) is 9.59 Å². The van der Waals surface area contributed by atoms with E-state index >= 15 is 0 Å². The monoisotopic (exact) mass is 296 g/mol. The van der Waals surface area contributed by atoms with E-state index in [-0.39, 0.29) is 6.54 Å². The smallest absolute Gasteiger partial charge is 0.328 e. The molecule has 0 saturated heterocycles. The van der Waals surface area contributed by atoms with Gasteiger partial charge >= 0.3 is 12.0 Å². The molecule has 0 aromatic carbocycles. The second-order valence-electron chi connectivity index (χ2n) is 5.50. The molecule has 1 heterocycles. The van der Waals surface area contributed by atoms with Gasteiger partial charge in [0, 0.05) is 6.20 Å². The Kier molecular flexibility index (Phi) is 5.75. The molecule has 1 aromatic heterocycles. The number of nitrogens with one attached hydrogen (secondary N) is 2. The summed E-state index contributed by atoms with van der Waals surface area (Å²) >= 11 is 0. The predicted molar refractivity (Wildman–Crippen MR) is 78.9 cm³/mol. The van der Waals surface area contributed by atoms with Crippen molar-refractivity contribution in [2.75, 3.05) is 0 Å². The van der Waals surface area contributed by atoms with Gasteiger partial charge in [-0.3, -0.25) is 4.68 Å². The predicted octanol–water partition coefficient (Wildman–Crippen LogP) is 1.91. The fraction of sp³-hybridized carbons (Fsp3) is 0.643. The zero-order chi connectivity index (χ0) is 16.0. The minimum atomic E-state index is -1.31. The number of carboxylic acids is 1. The molecule has 7 nitrogen and oxygen atoms in total. The van der Waals surface area contributed by atoms with E-state index in [0.29, 0.717) is 6.04 Å². The summed E-state index contributed by atoms with van der Waals surface area (Å²) in [6, 6.07) is 1.68. The van der Waals surface area contributed by atoms with Gasteiger partial charge in [-0.15, -0.1) is 0 Å². The first-order valence-electron chi connectivity index (χ1n) is 7.13. The lowest BCUT2D eigenvalue weighted by Crippen LogP contribution is -2.53. The molecule has 0 atom stereocenters. The number of aromatic nitrogens is 2. The Hall–Kier alpha value is -2.05. The second-order valence-corrected chi connectivity index (χ2v) is 5.50. The van der Waals surface area contributed by atoms with Gasteiger partial charge in [0.25, 0.3) is 0 Å². The van der Waals surface area contributed by atoms with Crippen LogP contribution in [0.15, 0.2) is 12.3 Å². The highest BCUT2D eigenvalue weighted by atomic mass is 16.4. The lowest BCUT2D eigenvalue weighted by atomic mass is 10.1. The first kappa shape index (κ1) is 17.0. The first-order chi connectivity index (χ1) is 9.80. The maximum absolute atomic E-state index is 11.7. The number of carboxylic acid groups (broad SMARTS) is 1. The van der Waals surface area contributed by atoms with Crippen LogP contribution in [0.3, 0.4) is 0 Å². The minimum absolute atomic E-state index is 0.259. The van der Waals surface area contributed by atoms with Crippen LogP contribution in [-0.2, 0) is 11.3 Å². The van der Waals surface area contributed by atoms with Gasteiger partial charge in [-0.1, -0.05) is 13.8 Å². The van der Waals surface area contributed by atoms with Crippen molar-refractivity contribution in [3.05, 3.63) is 18.0 Å².